The van der Waals surface area contributed by atoms with Gasteiger partial charge in [0.1, 0.15) is 0 Å². The number of fused-ring (bicyclic) bond motifs is 2. The second-order valence-corrected chi connectivity index (χ2v) is 6.86. The Morgan fingerprint density at radius 2 is 1.60 bits per heavy atom. The Morgan fingerprint density at radius 1 is 0.920 bits per heavy atom. The molecule has 3 aromatic carbocycles. The van der Waals surface area contributed by atoms with Gasteiger partial charge in [0.2, 0.25) is 0 Å². The first kappa shape index (κ1) is 15.9. The second-order valence-electron chi connectivity index (χ2n) is 6.45. The van der Waals surface area contributed by atoms with Gasteiger partial charge in [0.25, 0.3) is 5.91 Å². The van der Waals surface area contributed by atoms with E-state index in [1.807, 2.05) is 48.2 Å². The summed E-state index contributed by atoms with van der Waals surface area (Å²) < 4.78 is 0. The molecule has 0 fully saturated rings. The van der Waals surface area contributed by atoms with Crippen LogP contribution in [0.25, 0.3) is 0 Å². The molecule has 0 aromatic heterocycles. The van der Waals surface area contributed by atoms with Crippen molar-refractivity contribution in [2.24, 2.45) is 0 Å². The van der Waals surface area contributed by atoms with Crippen LogP contribution in [0.5, 0.6) is 0 Å². The Bertz CT molecular complexity index is 964. The quantitative estimate of drug-likeness (QED) is 0.577. The maximum absolute atomic E-state index is 13.3. The Labute approximate surface area is 152 Å². The van der Waals surface area contributed by atoms with Crippen LogP contribution in [0, 0.1) is 6.92 Å². The molecule has 3 heteroatoms. The van der Waals surface area contributed by atoms with Crippen molar-refractivity contribution in [3.63, 3.8) is 0 Å². The molecule has 4 rings (SSSR count). The average Bonchev–Trinajstić information content (AvgIpc) is 2.79. The lowest BCUT2D eigenvalue weighted by Crippen LogP contribution is -2.30. The summed E-state index contributed by atoms with van der Waals surface area (Å²) >= 11 is 6.33. The summed E-state index contributed by atoms with van der Waals surface area (Å²) in [7, 11) is 0. The van der Waals surface area contributed by atoms with E-state index in [0.717, 1.165) is 23.2 Å². The highest BCUT2D eigenvalue weighted by molar-refractivity contribution is 6.34. The predicted octanol–water partition coefficient (Wildman–Crippen LogP) is 5.40. The third-order valence-electron chi connectivity index (χ3n) is 4.71. The highest BCUT2D eigenvalue weighted by atomic mass is 35.5. The molecule has 0 radical (unpaired) electrons. The van der Waals surface area contributed by atoms with Gasteiger partial charge in [0, 0.05) is 5.69 Å². The van der Waals surface area contributed by atoms with E-state index in [2.05, 4.69) is 24.3 Å². The van der Waals surface area contributed by atoms with E-state index in [0.29, 0.717) is 17.1 Å². The molecule has 3 aromatic rings. The predicted molar refractivity (Wildman–Crippen MR) is 102 cm³/mol. The Hall–Kier alpha value is -2.58. The number of hydrogen-bond acceptors (Lipinski definition) is 1. The number of anilines is 1. The lowest BCUT2D eigenvalue weighted by atomic mass is 10.0. The molecule has 1 amide bonds. The maximum Gasteiger partial charge on any atom is 0.260 e. The van der Waals surface area contributed by atoms with E-state index in [-0.39, 0.29) is 5.91 Å². The van der Waals surface area contributed by atoms with E-state index in [4.69, 9.17) is 11.6 Å². The fraction of sp³-hybridized carbons (Fsp3) is 0.136. The molecule has 25 heavy (non-hydrogen) atoms. The molecule has 0 saturated carbocycles. The normalized spacial score (nSPS) is 13.0. The van der Waals surface area contributed by atoms with Crippen LogP contribution in [0.15, 0.2) is 66.7 Å². The molecule has 0 bridgehead atoms. The van der Waals surface area contributed by atoms with Gasteiger partial charge in [0.05, 0.1) is 17.1 Å². The van der Waals surface area contributed by atoms with Crippen molar-refractivity contribution in [3.05, 3.63) is 99.6 Å². The van der Waals surface area contributed by atoms with Crippen molar-refractivity contribution >= 4 is 23.2 Å². The van der Waals surface area contributed by atoms with Gasteiger partial charge in [-0.15, -0.1) is 0 Å². The van der Waals surface area contributed by atoms with Crippen LogP contribution in [0.2, 0.25) is 5.02 Å². The second kappa shape index (κ2) is 6.38. The molecule has 1 aliphatic heterocycles. The number of nitrogens with zero attached hydrogens (tertiary/aromatic N) is 1. The van der Waals surface area contributed by atoms with Crippen molar-refractivity contribution in [1.29, 1.82) is 0 Å². The molecule has 0 spiro atoms. The van der Waals surface area contributed by atoms with Crippen LogP contribution in [0.4, 0.5) is 5.69 Å². The van der Waals surface area contributed by atoms with E-state index in [1.54, 1.807) is 6.07 Å². The number of para-hydroxylation sites is 1. The fourth-order valence-electron chi connectivity index (χ4n) is 3.40. The monoisotopic (exact) mass is 347 g/mol. The zero-order valence-corrected chi connectivity index (χ0v) is 14.8. The standard InChI is InChI=1S/C22H18ClNO/c1-15-10-11-20(23)19(12-15)22(25)24-14-18-8-3-2-6-16(18)13-17-7-4-5-9-21(17)24/h2-12H,13-14H2,1H3. The van der Waals surface area contributed by atoms with E-state index in [9.17, 15) is 4.79 Å². The van der Waals surface area contributed by atoms with Gasteiger partial charge in [-0.1, -0.05) is 65.7 Å². The zero-order valence-electron chi connectivity index (χ0n) is 14.0. The number of halogens is 1. The van der Waals surface area contributed by atoms with Gasteiger partial charge in [-0.2, -0.15) is 0 Å². The van der Waals surface area contributed by atoms with Gasteiger partial charge in [-0.3, -0.25) is 4.79 Å². The van der Waals surface area contributed by atoms with Crippen molar-refractivity contribution in [2.45, 2.75) is 19.9 Å². The lowest BCUT2D eigenvalue weighted by molar-refractivity contribution is 0.0985. The number of rotatable bonds is 1. The van der Waals surface area contributed by atoms with Crippen molar-refractivity contribution < 1.29 is 4.79 Å². The van der Waals surface area contributed by atoms with Crippen molar-refractivity contribution in [1.82, 2.24) is 0 Å². The minimum absolute atomic E-state index is 0.0575. The summed E-state index contributed by atoms with van der Waals surface area (Å²) in [6, 6.07) is 22.0. The third kappa shape index (κ3) is 2.94. The Balaban J connectivity index is 1.85. The molecule has 0 unspecified atom stereocenters. The summed E-state index contributed by atoms with van der Waals surface area (Å²) in [5.41, 5.74) is 6.13. The summed E-state index contributed by atoms with van der Waals surface area (Å²) in [5.74, 6) is -0.0575. The highest BCUT2D eigenvalue weighted by Gasteiger charge is 2.25. The van der Waals surface area contributed by atoms with E-state index >= 15 is 0 Å². The van der Waals surface area contributed by atoms with Gasteiger partial charge in [-0.05, 0) is 48.2 Å². The third-order valence-corrected chi connectivity index (χ3v) is 5.04. The lowest BCUT2D eigenvalue weighted by Gasteiger charge is -2.24. The molecule has 1 heterocycles. The van der Waals surface area contributed by atoms with Gasteiger partial charge >= 0.3 is 0 Å². The molecule has 124 valence electrons. The molecule has 2 nitrogen and oxygen atoms in total. The van der Waals surface area contributed by atoms with Gasteiger partial charge < -0.3 is 4.90 Å². The number of amides is 1. The number of carbonyl (C=O) groups excluding carboxylic acids is 1. The van der Waals surface area contributed by atoms with Crippen LogP contribution in [-0.4, -0.2) is 5.91 Å². The number of hydrogen-bond donors (Lipinski definition) is 0. The first-order valence-electron chi connectivity index (χ1n) is 8.36. The zero-order chi connectivity index (χ0) is 17.4. The Morgan fingerprint density at radius 3 is 2.40 bits per heavy atom. The van der Waals surface area contributed by atoms with Crippen molar-refractivity contribution in [2.75, 3.05) is 4.90 Å². The molecule has 0 atom stereocenters. The summed E-state index contributed by atoms with van der Waals surface area (Å²) in [4.78, 5) is 15.2. The molecule has 0 N–H and O–H groups in total. The van der Waals surface area contributed by atoms with Crippen LogP contribution >= 0.6 is 11.6 Å². The minimum Gasteiger partial charge on any atom is -0.304 e. The summed E-state index contributed by atoms with van der Waals surface area (Å²) in [5, 5.41) is 0.491. The molecular formula is C22H18ClNO. The summed E-state index contributed by atoms with van der Waals surface area (Å²) in [6.07, 6.45) is 0.831. The minimum atomic E-state index is -0.0575. The Kier molecular flexibility index (Phi) is 4.06. The maximum atomic E-state index is 13.3. The van der Waals surface area contributed by atoms with Crippen molar-refractivity contribution in [3.8, 4) is 0 Å². The first-order chi connectivity index (χ1) is 12.1. The van der Waals surface area contributed by atoms with Gasteiger partial charge in [0.15, 0.2) is 0 Å². The SMILES string of the molecule is Cc1ccc(Cl)c(C(=O)N2Cc3ccccc3Cc3ccccc32)c1. The van der Waals surface area contributed by atoms with Crippen LogP contribution < -0.4 is 4.90 Å². The summed E-state index contributed by atoms with van der Waals surface area (Å²) in [6.45, 7) is 2.52. The fourth-order valence-corrected chi connectivity index (χ4v) is 3.60. The smallest absolute Gasteiger partial charge is 0.260 e. The van der Waals surface area contributed by atoms with Crippen LogP contribution in [0.3, 0.4) is 0 Å². The van der Waals surface area contributed by atoms with E-state index in [1.165, 1.54) is 11.1 Å². The molecule has 0 aliphatic carbocycles. The molecule has 0 saturated heterocycles. The number of carbonyl (C=O) groups is 1. The highest BCUT2D eigenvalue weighted by Crippen LogP contribution is 2.32. The topological polar surface area (TPSA) is 20.3 Å². The van der Waals surface area contributed by atoms with Crippen LogP contribution in [-0.2, 0) is 13.0 Å². The largest absolute Gasteiger partial charge is 0.304 e. The first-order valence-corrected chi connectivity index (χ1v) is 8.74. The molecular weight excluding hydrogens is 330 g/mol. The average molecular weight is 348 g/mol. The van der Waals surface area contributed by atoms with Crippen LogP contribution in [0.1, 0.15) is 32.6 Å². The van der Waals surface area contributed by atoms with Gasteiger partial charge in [-0.25, -0.2) is 0 Å². The molecule has 1 aliphatic rings. The number of aryl methyl sites for hydroxylation is 1. The van der Waals surface area contributed by atoms with E-state index < -0.39 is 0 Å². The number of benzene rings is 3.